The summed E-state index contributed by atoms with van der Waals surface area (Å²) in [5, 5.41) is 7.29. The Bertz CT molecular complexity index is 477. The highest BCUT2D eigenvalue weighted by Crippen LogP contribution is 2.27. The van der Waals surface area contributed by atoms with Crippen LogP contribution in [0.25, 0.3) is 0 Å². The minimum atomic E-state index is -0.0994. The second kappa shape index (κ2) is 4.85. The van der Waals surface area contributed by atoms with Crippen LogP contribution < -0.4 is 10.1 Å². The average Bonchev–Trinajstić information content (AvgIpc) is 2.81. The van der Waals surface area contributed by atoms with Crippen LogP contribution in [0.1, 0.15) is 23.3 Å². The fraction of sp³-hybridized carbons (Fsp3) is 0.692. The molecule has 1 aromatic rings. The number of aromatic nitrogens is 2. The van der Waals surface area contributed by atoms with Crippen molar-refractivity contribution in [2.75, 3.05) is 26.7 Å². The quantitative estimate of drug-likeness (QED) is 0.850. The Morgan fingerprint density at radius 1 is 1.47 bits per heavy atom. The molecular weight excluding hydrogens is 244 g/mol. The predicted molar refractivity (Wildman–Crippen MR) is 70.2 cm³/mol. The van der Waals surface area contributed by atoms with Crippen molar-refractivity contribution in [2.45, 2.75) is 18.9 Å². The Morgan fingerprint density at radius 2 is 2.21 bits per heavy atom. The van der Waals surface area contributed by atoms with E-state index in [1.807, 2.05) is 0 Å². The lowest BCUT2D eigenvalue weighted by Crippen LogP contribution is -2.57. The van der Waals surface area contributed by atoms with Gasteiger partial charge in [-0.15, -0.1) is 0 Å². The molecule has 1 N–H and O–H groups in total. The van der Waals surface area contributed by atoms with Crippen LogP contribution in [0.2, 0.25) is 0 Å². The van der Waals surface area contributed by atoms with E-state index in [0.29, 0.717) is 17.5 Å². The zero-order valence-corrected chi connectivity index (χ0v) is 11.4. The van der Waals surface area contributed by atoms with Gasteiger partial charge < -0.3 is 15.0 Å². The molecule has 0 aromatic carbocycles. The third-order valence-corrected chi connectivity index (χ3v) is 4.25. The average molecular weight is 264 g/mol. The summed E-state index contributed by atoms with van der Waals surface area (Å²) in [6, 6.07) is 1.94. The highest BCUT2D eigenvalue weighted by atomic mass is 16.5. The van der Waals surface area contributed by atoms with Crippen molar-refractivity contribution in [3.8, 4) is 5.88 Å². The minimum absolute atomic E-state index is 0.0994. The maximum absolute atomic E-state index is 12.2. The number of nitrogens with one attached hydrogen (secondary N) is 1. The highest BCUT2D eigenvalue weighted by Gasteiger charge is 2.35. The molecule has 1 aromatic heterocycles. The first-order valence-electron chi connectivity index (χ1n) is 6.78. The minimum Gasteiger partial charge on any atom is -0.481 e. The molecule has 1 amide bonds. The number of fused-ring (bicyclic) bond motifs is 3. The van der Waals surface area contributed by atoms with Crippen LogP contribution in [-0.2, 0) is 7.05 Å². The number of amides is 1. The molecule has 0 aliphatic carbocycles. The summed E-state index contributed by atoms with van der Waals surface area (Å²) < 4.78 is 6.70. The van der Waals surface area contributed by atoms with Crippen LogP contribution in [-0.4, -0.2) is 53.4 Å². The molecule has 1 unspecified atom stereocenters. The van der Waals surface area contributed by atoms with Gasteiger partial charge in [-0.1, -0.05) is 0 Å². The van der Waals surface area contributed by atoms with E-state index in [1.54, 1.807) is 24.9 Å². The molecule has 6 nitrogen and oxygen atoms in total. The van der Waals surface area contributed by atoms with Crippen molar-refractivity contribution in [1.29, 1.82) is 0 Å². The lowest BCUT2D eigenvalue weighted by atomic mass is 9.84. The van der Waals surface area contributed by atoms with Gasteiger partial charge in [-0.25, -0.2) is 4.68 Å². The highest BCUT2D eigenvalue weighted by molar-refractivity contribution is 5.92. The smallest absolute Gasteiger partial charge is 0.272 e. The maximum Gasteiger partial charge on any atom is 0.272 e. The molecular formula is C13H20N4O2. The van der Waals surface area contributed by atoms with Gasteiger partial charge in [0.25, 0.3) is 5.91 Å². The van der Waals surface area contributed by atoms with Gasteiger partial charge >= 0.3 is 0 Å². The number of piperidine rings is 3. The predicted octanol–water partition coefficient (Wildman–Crippen LogP) is 0.253. The number of methoxy groups -OCH3 is 1. The molecule has 1 atom stereocenters. The number of hydrogen-bond acceptors (Lipinski definition) is 4. The third kappa shape index (κ3) is 2.32. The molecule has 4 rings (SSSR count). The summed E-state index contributed by atoms with van der Waals surface area (Å²) >= 11 is 0. The maximum atomic E-state index is 12.2. The van der Waals surface area contributed by atoms with Crippen LogP contribution in [0, 0.1) is 5.92 Å². The van der Waals surface area contributed by atoms with Gasteiger partial charge in [0.2, 0.25) is 5.88 Å². The Kier molecular flexibility index (Phi) is 3.18. The van der Waals surface area contributed by atoms with Gasteiger partial charge in [-0.05, 0) is 31.8 Å². The number of hydrogen-bond donors (Lipinski definition) is 1. The fourth-order valence-electron chi connectivity index (χ4n) is 3.12. The van der Waals surface area contributed by atoms with E-state index in [1.165, 1.54) is 25.9 Å². The summed E-state index contributed by atoms with van der Waals surface area (Å²) in [6.07, 6.45) is 2.38. The van der Waals surface area contributed by atoms with Crippen molar-refractivity contribution in [2.24, 2.45) is 13.0 Å². The lowest BCUT2D eigenvalue weighted by molar-refractivity contribution is 0.0617. The normalized spacial score (nSPS) is 29.3. The monoisotopic (exact) mass is 264 g/mol. The first kappa shape index (κ1) is 12.5. The van der Waals surface area contributed by atoms with Gasteiger partial charge in [0.1, 0.15) is 0 Å². The SMILES string of the molecule is COc1cc(C(=O)NC2CN3CCC2CC3)nn1C. The van der Waals surface area contributed by atoms with E-state index in [0.717, 1.165) is 6.54 Å². The Hall–Kier alpha value is -1.56. The Balaban J connectivity index is 1.67. The topological polar surface area (TPSA) is 59.4 Å². The van der Waals surface area contributed by atoms with Crippen molar-refractivity contribution < 1.29 is 9.53 Å². The first-order chi connectivity index (χ1) is 9.17. The molecule has 3 aliphatic rings. The third-order valence-electron chi connectivity index (χ3n) is 4.25. The summed E-state index contributed by atoms with van der Waals surface area (Å²) in [5.41, 5.74) is 0.427. The van der Waals surface area contributed by atoms with Crippen molar-refractivity contribution in [3.63, 3.8) is 0 Å². The van der Waals surface area contributed by atoms with Crippen LogP contribution in [0.5, 0.6) is 5.88 Å². The van der Waals surface area contributed by atoms with Crippen LogP contribution in [0.3, 0.4) is 0 Å². The van der Waals surface area contributed by atoms with Crippen LogP contribution in [0.15, 0.2) is 6.07 Å². The standard InChI is InChI=1S/C13H20N4O2/c1-16-12(19-2)7-10(15-16)13(18)14-11-8-17-5-3-9(11)4-6-17/h7,9,11H,3-6,8H2,1-2H3,(H,14,18). The second-order valence-corrected chi connectivity index (χ2v) is 5.41. The molecule has 6 heteroatoms. The second-order valence-electron chi connectivity index (χ2n) is 5.41. The van der Waals surface area contributed by atoms with E-state index < -0.39 is 0 Å². The molecule has 3 aliphatic heterocycles. The summed E-state index contributed by atoms with van der Waals surface area (Å²) in [6.45, 7) is 3.32. The van der Waals surface area contributed by atoms with Gasteiger partial charge in [-0.2, -0.15) is 5.10 Å². The molecule has 0 saturated carbocycles. The molecule has 3 saturated heterocycles. The number of rotatable bonds is 3. The number of aryl methyl sites for hydroxylation is 1. The van der Waals surface area contributed by atoms with E-state index in [-0.39, 0.29) is 11.9 Å². The van der Waals surface area contributed by atoms with E-state index >= 15 is 0 Å². The molecule has 19 heavy (non-hydrogen) atoms. The summed E-state index contributed by atoms with van der Waals surface area (Å²) in [4.78, 5) is 14.6. The molecule has 4 heterocycles. The van der Waals surface area contributed by atoms with E-state index in [4.69, 9.17) is 4.74 Å². The number of carbonyl (C=O) groups is 1. The van der Waals surface area contributed by atoms with E-state index in [9.17, 15) is 4.79 Å². The van der Waals surface area contributed by atoms with Crippen LogP contribution >= 0.6 is 0 Å². The van der Waals surface area contributed by atoms with Gasteiger partial charge in [-0.3, -0.25) is 4.79 Å². The Labute approximate surface area is 112 Å². The lowest BCUT2D eigenvalue weighted by Gasteiger charge is -2.44. The van der Waals surface area contributed by atoms with Gasteiger partial charge in [0.05, 0.1) is 7.11 Å². The van der Waals surface area contributed by atoms with Crippen molar-refractivity contribution >= 4 is 5.91 Å². The largest absolute Gasteiger partial charge is 0.481 e. The number of nitrogens with zero attached hydrogens (tertiary/aromatic N) is 3. The molecule has 0 radical (unpaired) electrons. The Morgan fingerprint density at radius 3 is 2.74 bits per heavy atom. The first-order valence-corrected chi connectivity index (χ1v) is 6.78. The van der Waals surface area contributed by atoms with E-state index in [2.05, 4.69) is 15.3 Å². The number of ether oxygens (including phenoxy) is 1. The van der Waals surface area contributed by atoms with Crippen LogP contribution in [0.4, 0.5) is 0 Å². The van der Waals surface area contributed by atoms with Gasteiger partial charge in [0.15, 0.2) is 5.69 Å². The van der Waals surface area contributed by atoms with Gasteiger partial charge in [0, 0.05) is 25.7 Å². The summed E-state index contributed by atoms with van der Waals surface area (Å²) in [5.74, 6) is 1.12. The summed E-state index contributed by atoms with van der Waals surface area (Å²) in [7, 11) is 3.34. The van der Waals surface area contributed by atoms with Crippen molar-refractivity contribution in [3.05, 3.63) is 11.8 Å². The molecule has 0 spiro atoms. The zero-order valence-electron chi connectivity index (χ0n) is 11.4. The molecule has 3 fully saturated rings. The van der Waals surface area contributed by atoms with Crippen molar-refractivity contribution in [1.82, 2.24) is 20.0 Å². The number of carbonyl (C=O) groups excluding carboxylic acids is 1. The molecule has 104 valence electrons. The zero-order chi connectivity index (χ0) is 13.4. The fourth-order valence-corrected chi connectivity index (χ4v) is 3.12. The molecule has 2 bridgehead atoms.